The maximum Gasteiger partial charge on any atom is 0.243 e. The lowest BCUT2D eigenvalue weighted by atomic mass is 10.0. The number of aryl methyl sites for hydroxylation is 2. The summed E-state index contributed by atoms with van der Waals surface area (Å²) in [7, 11) is 0.271. The van der Waals surface area contributed by atoms with Gasteiger partial charge in [-0.25, -0.2) is 8.42 Å². The maximum absolute atomic E-state index is 13.6. The first-order valence-electron chi connectivity index (χ1n) is 8.75. The molecule has 0 aliphatic carbocycles. The van der Waals surface area contributed by atoms with E-state index in [1.165, 1.54) is 0 Å². The van der Waals surface area contributed by atoms with Crippen LogP contribution in [0.25, 0.3) is 0 Å². The predicted octanol–water partition coefficient (Wildman–Crippen LogP) is 3.07. The van der Waals surface area contributed by atoms with Crippen LogP contribution in [-0.4, -0.2) is 49.8 Å². The van der Waals surface area contributed by atoms with Crippen LogP contribution in [0.1, 0.15) is 27.8 Å². The Morgan fingerprint density at radius 1 is 1.00 bits per heavy atom. The van der Waals surface area contributed by atoms with E-state index in [1.807, 2.05) is 58.8 Å². The minimum absolute atomic E-state index is 0.315. The first-order valence-corrected chi connectivity index (χ1v) is 10.2. The van der Waals surface area contributed by atoms with Gasteiger partial charge in [0.2, 0.25) is 10.0 Å². The zero-order valence-corrected chi connectivity index (χ0v) is 17.4. The van der Waals surface area contributed by atoms with Crippen molar-refractivity contribution in [2.24, 2.45) is 0 Å². The van der Waals surface area contributed by atoms with E-state index in [0.29, 0.717) is 24.5 Å². The van der Waals surface area contributed by atoms with Gasteiger partial charge in [-0.1, -0.05) is 12.1 Å². The molecule has 26 heavy (non-hydrogen) atoms. The second-order valence-electron chi connectivity index (χ2n) is 7.09. The molecule has 0 spiro atoms. The lowest BCUT2D eigenvalue weighted by molar-refractivity contribution is 0.329. The Bertz CT molecular complexity index is 836. The van der Waals surface area contributed by atoms with Crippen molar-refractivity contribution in [3.05, 3.63) is 58.4 Å². The summed E-state index contributed by atoms with van der Waals surface area (Å²) in [5, 5.41) is 0. The van der Waals surface area contributed by atoms with Crippen LogP contribution in [-0.2, 0) is 16.6 Å². The number of benzene rings is 1. The molecule has 5 nitrogen and oxygen atoms in total. The fraction of sp³-hybridized carbons (Fsp3) is 0.450. The van der Waals surface area contributed by atoms with Crippen LogP contribution in [0.15, 0.2) is 35.5 Å². The summed E-state index contributed by atoms with van der Waals surface area (Å²) >= 11 is 0. The smallest absolute Gasteiger partial charge is 0.243 e. The average Bonchev–Trinajstić information content (AvgIpc) is 2.57. The molecule has 6 heteroatoms. The third-order valence-corrected chi connectivity index (χ3v) is 6.89. The highest BCUT2D eigenvalue weighted by atomic mass is 32.2. The van der Waals surface area contributed by atoms with Gasteiger partial charge in [0, 0.05) is 32.0 Å². The Hall–Kier alpha value is -1.76. The van der Waals surface area contributed by atoms with Crippen LogP contribution >= 0.6 is 0 Å². The van der Waals surface area contributed by atoms with Gasteiger partial charge < -0.3 is 4.90 Å². The number of sulfonamides is 1. The van der Waals surface area contributed by atoms with Gasteiger partial charge >= 0.3 is 0 Å². The number of nitrogens with zero attached hydrogens (tertiary/aromatic N) is 3. The normalized spacial score (nSPS) is 12.2. The van der Waals surface area contributed by atoms with E-state index >= 15 is 0 Å². The van der Waals surface area contributed by atoms with E-state index in [2.05, 4.69) is 11.1 Å². The quantitative estimate of drug-likeness (QED) is 0.746. The number of pyridine rings is 1. The van der Waals surface area contributed by atoms with Crippen LogP contribution < -0.4 is 0 Å². The summed E-state index contributed by atoms with van der Waals surface area (Å²) < 4.78 is 28.7. The van der Waals surface area contributed by atoms with Crippen LogP contribution in [0.2, 0.25) is 0 Å². The number of aromatic nitrogens is 1. The molecule has 0 saturated carbocycles. The Balaban J connectivity index is 2.52. The predicted molar refractivity (Wildman–Crippen MR) is 106 cm³/mol. The van der Waals surface area contributed by atoms with E-state index in [4.69, 9.17) is 0 Å². The van der Waals surface area contributed by atoms with Gasteiger partial charge in [0.15, 0.2) is 0 Å². The van der Waals surface area contributed by atoms with Crippen molar-refractivity contribution < 1.29 is 8.42 Å². The Kier molecular flexibility index (Phi) is 6.55. The maximum atomic E-state index is 13.6. The summed E-state index contributed by atoms with van der Waals surface area (Å²) in [6.45, 7) is 9.11. The standard InChI is InChI=1S/C20H29N3O2S/c1-15-12-16(2)18(4)20(17(15)3)26(24,25)23(11-10-22(5)6)14-19-8-7-9-21-13-19/h7-9,12-13H,10-11,14H2,1-6H3. The Morgan fingerprint density at radius 3 is 2.12 bits per heavy atom. The number of likely N-dealkylation sites (N-methyl/N-ethyl adjacent to an activating group) is 1. The molecular formula is C20H29N3O2S. The van der Waals surface area contributed by atoms with Crippen molar-refractivity contribution in [1.82, 2.24) is 14.2 Å². The third-order valence-electron chi connectivity index (χ3n) is 4.77. The zero-order chi connectivity index (χ0) is 19.5. The van der Waals surface area contributed by atoms with Crippen LogP contribution in [0.3, 0.4) is 0 Å². The summed E-state index contributed by atoms with van der Waals surface area (Å²) in [6.07, 6.45) is 3.42. The lowest BCUT2D eigenvalue weighted by Gasteiger charge is -2.26. The SMILES string of the molecule is Cc1cc(C)c(C)c(S(=O)(=O)N(CCN(C)C)Cc2cccnc2)c1C. The van der Waals surface area contributed by atoms with Gasteiger partial charge in [0.05, 0.1) is 4.90 Å². The Labute approximate surface area is 157 Å². The van der Waals surface area contributed by atoms with Crippen molar-refractivity contribution >= 4 is 10.0 Å². The van der Waals surface area contributed by atoms with Gasteiger partial charge in [-0.3, -0.25) is 4.98 Å². The highest BCUT2D eigenvalue weighted by Gasteiger charge is 2.29. The van der Waals surface area contributed by atoms with Gasteiger partial charge in [-0.15, -0.1) is 0 Å². The lowest BCUT2D eigenvalue weighted by Crippen LogP contribution is -2.37. The second-order valence-corrected chi connectivity index (χ2v) is 8.97. The van der Waals surface area contributed by atoms with Gasteiger partial charge in [-0.2, -0.15) is 4.31 Å². The fourth-order valence-corrected chi connectivity index (χ4v) is 4.98. The largest absolute Gasteiger partial charge is 0.308 e. The first kappa shape index (κ1) is 20.6. The summed E-state index contributed by atoms with van der Waals surface area (Å²) in [5.41, 5.74) is 4.54. The van der Waals surface area contributed by atoms with Gasteiger partial charge in [-0.05, 0) is 75.7 Å². The molecule has 2 aromatic rings. The molecule has 0 bridgehead atoms. The molecule has 0 aliphatic heterocycles. The van der Waals surface area contributed by atoms with E-state index in [1.54, 1.807) is 16.7 Å². The summed E-state index contributed by atoms with van der Waals surface area (Å²) in [4.78, 5) is 6.55. The topological polar surface area (TPSA) is 53.5 Å². The van der Waals surface area contributed by atoms with Crippen LogP contribution in [0, 0.1) is 27.7 Å². The van der Waals surface area contributed by atoms with Gasteiger partial charge in [0.1, 0.15) is 0 Å². The Morgan fingerprint density at radius 2 is 1.62 bits per heavy atom. The van der Waals surface area contributed by atoms with Crippen LogP contribution in [0.5, 0.6) is 0 Å². The molecule has 142 valence electrons. The van der Waals surface area contributed by atoms with Crippen molar-refractivity contribution in [1.29, 1.82) is 0 Å². The molecular weight excluding hydrogens is 346 g/mol. The number of rotatable bonds is 7. The molecule has 0 atom stereocenters. The molecule has 1 heterocycles. The fourth-order valence-electron chi connectivity index (χ4n) is 2.99. The van der Waals surface area contributed by atoms with Crippen molar-refractivity contribution in [2.45, 2.75) is 39.1 Å². The third kappa shape index (κ3) is 4.50. The molecule has 0 radical (unpaired) electrons. The average molecular weight is 376 g/mol. The van der Waals surface area contributed by atoms with Crippen molar-refractivity contribution in [3.63, 3.8) is 0 Å². The molecule has 1 aromatic carbocycles. The minimum atomic E-state index is -3.62. The molecule has 0 saturated heterocycles. The molecule has 0 amide bonds. The number of hydrogen-bond donors (Lipinski definition) is 0. The molecule has 0 unspecified atom stereocenters. The van der Waals surface area contributed by atoms with E-state index in [-0.39, 0.29) is 0 Å². The monoisotopic (exact) mass is 375 g/mol. The van der Waals surface area contributed by atoms with Crippen molar-refractivity contribution in [2.75, 3.05) is 27.2 Å². The van der Waals surface area contributed by atoms with E-state index in [0.717, 1.165) is 27.8 Å². The summed E-state index contributed by atoms with van der Waals surface area (Å²) in [5.74, 6) is 0. The molecule has 2 rings (SSSR count). The first-order chi connectivity index (χ1) is 12.1. The van der Waals surface area contributed by atoms with Crippen LogP contribution in [0.4, 0.5) is 0 Å². The minimum Gasteiger partial charge on any atom is -0.308 e. The molecule has 1 aromatic heterocycles. The summed E-state index contributed by atoms with van der Waals surface area (Å²) in [6, 6.07) is 5.79. The second kappa shape index (κ2) is 8.29. The highest BCUT2D eigenvalue weighted by Crippen LogP contribution is 2.29. The van der Waals surface area contributed by atoms with E-state index in [9.17, 15) is 8.42 Å². The zero-order valence-electron chi connectivity index (χ0n) is 16.6. The molecule has 0 aliphatic rings. The highest BCUT2D eigenvalue weighted by molar-refractivity contribution is 7.89. The van der Waals surface area contributed by atoms with E-state index < -0.39 is 10.0 Å². The van der Waals surface area contributed by atoms with Gasteiger partial charge in [0.25, 0.3) is 0 Å². The number of hydrogen-bond acceptors (Lipinski definition) is 4. The molecule has 0 fully saturated rings. The molecule has 0 N–H and O–H groups in total. The van der Waals surface area contributed by atoms with Crippen molar-refractivity contribution in [3.8, 4) is 0 Å².